The maximum absolute atomic E-state index is 15.3. The van der Waals surface area contributed by atoms with Crippen molar-refractivity contribution in [3.8, 4) is 5.75 Å². The number of ether oxygens (including phenoxy) is 1. The van der Waals surface area contributed by atoms with Crippen LogP contribution in [0.1, 0.15) is 16.4 Å². The number of halogens is 2. The summed E-state index contributed by atoms with van der Waals surface area (Å²) in [5, 5.41) is 9.24. The number of alkyl halides is 1. The third kappa shape index (κ3) is 3.12. The predicted molar refractivity (Wildman–Crippen MR) is 112 cm³/mol. The normalized spacial score (nSPS) is 18.0. The molecule has 2 aliphatic heterocycles. The van der Waals surface area contributed by atoms with Crippen LogP contribution in [0.4, 0.5) is 20.4 Å². The van der Waals surface area contributed by atoms with Crippen LogP contribution in [0.2, 0.25) is 0 Å². The molecular weight excluding hydrogens is 424 g/mol. The molecule has 0 bridgehead atoms. The SMILES string of the molecule is O=C(O)c1cn2c3c(c(N4CCN(c5ncccn5)CC4)c(F)cc3c1=O)OCC2CF. The van der Waals surface area contributed by atoms with Crippen molar-refractivity contribution in [2.75, 3.05) is 49.3 Å². The van der Waals surface area contributed by atoms with E-state index in [2.05, 4.69) is 9.97 Å². The summed E-state index contributed by atoms with van der Waals surface area (Å²) in [6, 6.07) is 1.94. The van der Waals surface area contributed by atoms with Gasteiger partial charge in [0.2, 0.25) is 11.4 Å². The van der Waals surface area contributed by atoms with E-state index in [0.717, 1.165) is 12.3 Å². The highest BCUT2D eigenvalue weighted by Crippen LogP contribution is 2.42. The van der Waals surface area contributed by atoms with Gasteiger partial charge in [0.15, 0.2) is 11.6 Å². The lowest BCUT2D eigenvalue weighted by molar-refractivity contribution is 0.0694. The van der Waals surface area contributed by atoms with Crippen molar-refractivity contribution in [3.63, 3.8) is 0 Å². The second-order valence-electron chi connectivity index (χ2n) is 7.66. The minimum atomic E-state index is -1.45. The molecule has 1 fully saturated rings. The fourth-order valence-corrected chi connectivity index (χ4v) is 4.28. The number of hydrogen-bond donors (Lipinski definition) is 1. The van der Waals surface area contributed by atoms with Crippen molar-refractivity contribution in [1.29, 1.82) is 0 Å². The van der Waals surface area contributed by atoms with Crippen molar-refractivity contribution in [1.82, 2.24) is 14.5 Å². The Balaban J connectivity index is 1.59. The number of piperazine rings is 1. The van der Waals surface area contributed by atoms with Gasteiger partial charge in [-0.2, -0.15) is 0 Å². The smallest absolute Gasteiger partial charge is 0.341 e. The van der Waals surface area contributed by atoms with E-state index in [0.29, 0.717) is 32.1 Å². The zero-order chi connectivity index (χ0) is 22.4. The standard InChI is InChI=1S/C21H19F2N5O4/c22-9-12-11-32-19-16-13(18(29)14(20(30)31)10-28(12)16)8-15(23)17(19)26-4-6-27(7-5-26)21-24-2-1-3-25-21/h1-3,8,10,12H,4-7,9,11H2,(H,30,31). The fourth-order valence-electron chi connectivity index (χ4n) is 4.28. The van der Waals surface area contributed by atoms with Crippen LogP contribution in [-0.4, -0.2) is 65.1 Å². The van der Waals surface area contributed by atoms with Crippen LogP contribution in [0.25, 0.3) is 10.9 Å². The molecule has 0 saturated carbocycles. The fraction of sp³-hybridized carbons (Fsp3) is 0.333. The molecule has 0 spiro atoms. The van der Waals surface area contributed by atoms with Crippen LogP contribution in [0.3, 0.4) is 0 Å². The van der Waals surface area contributed by atoms with Crippen molar-refractivity contribution >= 4 is 28.5 Å². The van der Waals surface area contributed by atoms with Crippen LogP contribution >= 0.6 is 0 Å². The number of hydrogen-bond acceptors (Lipinski definition) is 7. The average Bonchev–Trinajstić information content (AvgIpc) is 2.81. The monoisotopic (exact) mass is 443 g/mol. The number of benzene rings is 1. The minimum absolute atomic E-state index is 0.102. The quantitative estimate of drug-likeness (QED) is 0.652. The van der Waals surface area contributed by atoms with Gasteiger partial charge in [-0.1, -0.05) is 0 Å². The first-order chi connectivity index (χ1) is 15.5. The van der Waals surface area contributed by atoms with E-state index in [1.807, 2.05) is 4.90 Å². The highest BCUT2D eigenvalue weighted by atomic mass is 19.1. The number of carbonyl (C=O) groups is 1. The van der Waals surface area contributed by atoms with Gasteiger partial charge in [0.05, 0.1) is 16.9 Å². The summed E-state index contributed by atoms with van der Waals surface area (Å²) >= 11 is 0. The molecule has 1 aromatic carbocycles. The molecule has 1 N–H and O–H groups in total. The lowest BCUT2D eigenvalue weighted by Crippen LogP contribution is -2.47. The first-order valence-electron chi connectivity index (χ1n) is 10.1. The van der Waals surface area contributed by atoms with E-state index >= 15 is 4.39 Å². The van der Waals surface area contributed by atoms with Crippen LogP contribution in [-0.2, 0) is 0 Å². The van der Waals surface area contributed by atoms with E-state index in [1.54, 1.807) is 23.4 Å². The average molecular weight is 443 g/mol. The summed E-state index contributed by atoms with van der Waals surface area (Å²) in [5.74, 6) is -1.43. The lowest BCUT2D eigenvalue weighted by atomic mass is 10.1. The molecular formula is C21H19F2N5O4. The topological polar surface area (TPSA) is 101 Å². The Bertz CT molecular complexity index is 1260. The summed E-state index contributed by atoms with van der Waals surface area (Å²) in [6.45, 7) is 1.05. The maximum atomic E-state index is 15.3. The number of rotatable bonds is 4. The zero-order valence-electron chi connectivity index (χ0n) is 16.9. The Morgan fingerprint density at radius 3 is 2.53 bits per heavy atom. The van der Waals surface area contributed by atoms with Gasteiger partial charge in [-0.25, -0.2) is 23.5 Å². The van der Waals surface area contributed by atoms with Crippen molar-refractivity contribution < 1.29 is 23.4 Å². The van der Waals surface area contributed by atoms with Crippen molar-refractivity contribution in [2.45, 2.75) is 6.04 Å². The molecule has 0 aliphatic carbocycles. The number of carboxylic acids is 1. The molecule has 5 rings (SSSR count). The number of aromatic nitrogens is 3. The maximum Gasteiger partial charge on any atom is 0.341 e. The van der Waals surface area contributed by atoms with E-state index in [4.69, 9.17) is 4.74 Å². The Morgan fingerprint density at radius 2 is 1.88 bits per heavy atom. The van der Waals surface area contributed by atoms with Crippen molar-refractivity contribution in [3.05, 3.63) is 52.3 Å². The summed E-state index contributed by atoms with van der Waals surface area (Å²) in [7, 11) is 0. The van der Waals surface area contributed by atoms with Gasteiger partial charge in [0.1, 0.15) is 24.5 Å². The second-order valence-corrected chi connectivity index (χ2v) is 7.66. The second kappa shape index (κ2) is 7.74. The summed E-state index contributed by atoms with van der Waals surface area (Å²) in [6.07, 6.45) is 4.43. The molecule has 3 aromatic rings. The van der Waals surface area contributed by atoms with Gasteiger partial charge < -0.3 is 24.2 Å². The van der Waals surface area contributed by atoms with Gasteiger partial charge in [0.25, 0.3) is 0 Å². The first-order valence-corrected chi connectivity index (χ1v) is 10.1. The van der Waals surface area contributed by atoms with Crippen LogP contribution in [0.5, 0.6) is 5.75 Å². The Morgan fingerprint density at radius 1 is 1.19 bits per heavy atom. The van der Waals surface area contributed by atoms with Gasteiger partial charge in [0, 0.05) is 44.8 Å². The summed E-state index contributed by atoms with van der Waals surface area (Å²) < 4.78 is 36.1. The summed E-state index contributed by atoms with van der Waals surface area (Å²) in [4.78, 5) is 36.5. The molecule has 166 valence electrons. The summed E-state index contributed by atoms with van der Waals surface area (Å²) in [5.41, 5.74) is -0.976. The molecule has 1 saturated heterocycles. The van der Waals surface area contributed by atoms with Crippen molar-refractivity contribution in [2.24, 2.45) is 0 Å². The van der Waals surface area contributed by atoms with E-state index in [1.165, 1.54) is 4.57 Å². The Kier molecular flexibility index (Phi) is 4.87. The molecule has 0 radical (unpaired) electrons. The number of pyridine rings is 1. The largest absolute Gasteiger partial charge is 0.487 e. The molecule has 0 amide bonds. The third-order valence-electron chi connectivity index (χ3n) is 5.85. The molecule has 2 aromatic heterocycles. The number of nitrogens with zero attached hydrogens (tertiary/aromatic N) is 5. The highest BCUT2D eigenvalue weighted by Gasteiger charge is 2.32. The first kappa shape index (κ1) is 20.2. The Hall–Kier alpha value is -3.76. The third-order valence-corrected chi connectivity index (χ3v) is 5.85. The minimum Gasteiger partial charge on any atom is -0.487 e. The van der Waals surface area contributed by atoms with Gasteiger partial charge in [-0.3, -0.25) is 4.79 Å². The van der Waals surface area contributed by atoms with Gasteiger partial charge >= 0.3 is 5.97 Å². The lowest BCUT2D eigenvalue weighted by Gasteiger charge is -2.38. The molecule has 1 atom stereocenters. The molecule has 9 nitrogen and oxygen atoms in total. The molecule has 1 unspecified atom stereocenters. The van der Waals surface area contributed by atoms with Gasteiger partial charge in [-0.05, 0) is 12.1 Å². The van der Waals surface area contributed by atoms with Gasteiger partial charge in [-0.15, -0.1) is 0 Å². The predicted octanol–water partition coefficient (Wildman–Crippen LogP) is 1.86. The number of anilines is 2. The van der Waals surface area contributed by atoms with Crippen LogP contribution < -0.4 is 20.0 Å². The molecule has 4 heterocycles. The molecule has 2 aliphatic rings. The van der Waals surface area contributed by atoms with E-state index < -0.39 is 35.5 Å². The Labute approximate surface area is 180 Å². The highest BCUT2D eigenvalue weighted by molar-refractivity contribution is 5.97. The van der Waals surface area contributed by atoms with Crippen LogP contribution in [0, 0.1) is 5.82 Å². The number of aromatic carboxylic acids is 1. The van der Waals surface area contributed by atoms with Crippen LogP contribution in [0.15, 0.2) is 35.5 Å². The van der Waals surface area contributed by atoms with E-state index in [9.17, 15) is 19.1 Å². The molecule has 11 heteroatoms. The number of carboxylic acid groups (broad SMARTS) is 1. The van der Waals surface area contributed by atoms with E-state index in [-0.39, 0.29) is 28.9 Å². The zero-order valence-corrected chi connectivity index (χ0v) is 16.9. The molecule has 32 heavy (non-hydrogen) atoms.